The highest BCUT2D eigenvalue weighted by Gasteiger charge is 2.30. The highest BCUT2D eigenvalue weighted by atomic mass is 32.2. The van der Waals surface area contributed by atoms with E-state index in [1.807, 2.05) is 12.1 Å². The fourth-order valence-corrected chi connectivity index (χ4v) is 6.02. The van der Waals surface area contributed by atoms with E-state index in [4.69, 9.17) is 14.2 Å². The number of piperidine rings is 1. The Morgan fingerprint density at radius 3 is 2.58 bits per heavy atom. The van der Waals surface area contributed by atoms with Crippen molar-refractivity contribution in [2.24, 2.45) is 5.92 Å². The number of hydrogen-bond acceptors (Lipinski definition) is 8. The second-order valence-electron chi connectivity index (χ2n) is 8.99. The summed E-state index contributed by atoms with van der Waals surface area (Å²) in [6.07, 6.45) is 1.02. The van der Waals surface area contributed by atoms with E-state index in [1.165, 1.54) is 30.7 Å². The number of anilines is 1. The number of hydrogen-bond donors (Lipinski definition) is 3. The fraction of sp³-hybridized carbons (Fsp3) is 0.480. The van der Waals surface area contributed by atoms with E-state index in [1.54, 1.807) is 12.1 Å². The number of methoxy groups -OCH3 is 2. The van der Waals surface area contributed by atoms with Gasteiger partial charge in [0, 0.05) is 37.0 Å². The molecule has 3 N–H and O–H groups in total. The van der Waals surface area contributed by atoms with Crippen LogP contribution in [-0.2, 0) is 21.2 Å². The summed E-state index contributed by atoms with van der Waals surface area (Å²) in [5.41, 5.74) is 1.57. The van der Waals surface area contributed by atoms with Gasteiger partial charge in [-0.05, 0) is 49.6 Å². The van der Waals surface area contributed by atoms with Crippen molar-refractivity contribution < 1.29 is 32.5 Å². The van der Waals surface area contributed by atoms with Gasteiger partial charge in [0.05, 0.1) is 25.5 Å². The number of rotatable bonds is 11. The number of sulfonamides is 1. The molecular formula is C25H33N3O7S. The first-order chi connectivity index (χ1) is 17.3. The van der Waals surface area contributed by atoms with Crippen molar-refractivity contribution in [2.45, 2.75) is 30.3 Å². The maximum atomic E-state index is 13.1. The number of carbonyl (C=O) groups is 1. The number of nitrogens with one attached hydrogen (secondary N) is 2. The largest absolute Gasteiger partial charge is 0.493 e. The van der Waals surface area contributed by atoms with E-state index in [0.29, 0.717) is 49.3 Å². The van der Waals surface area contributed by atoms with Gasteiger partial charge in [-0.15, -0.1) is 0 Å². The molecule has 0 bridgehead atoms. The minimum atomic E-state index is -3.62. The SMILES string of the molecule is COc1ccc(S(=O)(=O)N2CCC(CNCC(O)COc3cccc4c3CC(=O)N4)CC2)cc1OC. The standard InChI is InChI=1S/C25H33N3O7S/c1-33-23-7-6-19(12-24(23)34-2)36(31,32)28-10-8-17(9-11-28)14-26-15-18(29)16-35-22-5-3-4-21-20(22)13-25(30)27-21/h3-7,12,17-18,26,29H,8-11,13-16H2,1-2H3,(H,27,30). The molecule has 1 saturated heterocycles. The molecule has 2 aromatic carbocycles. The van der Waals surface area contributed by atoms with Gasteiger partial charge in [0.25, 0.3) is 0 Å². The van der Waals surface area contributed by atoms with Crippen molar-refractivity contribution in [1.82, 2.24) is 9.62 Å². The van der Waals surface area contributed by atoms with Crippen molar-refractivity contribution in [2.75, 3.05) is 52.3 Å². The fourth-order valence-electron chi connectivity index (χ4n) is 4.53. The topological polar surface area (TPSA) is 126 Å². The molecule has 1 fully saturated rings. The molecule has 11 heteroatoms. The van der Waals surface area contributed by atoms with Gasteiger partial charge in [0.1, 0.15) is 18.5 Å². The van der Waals surface area contributed by atoms with E-state index >= 15 is 0 Å². The molecule has 10 nitrogen and oxygen atoms in total. The molecule has 0 radical (unpaired) electrons. The molecule has 0 aromatic heterocycles. The lowest BCUT2D eigenvalue weighted by Crippen LogP contribution is -2.42. The molecule has 1 atom stereocenters. The van der Waals surface area contributed by atoms with Gasteiger partial charge in [0.15, 0.2) is 11.5 Å². The summed E-state index contributed by atoms with van der Waals surface area (Å²) < 4.78 is 43.9. The number of ether oxygens (including phenoxy) is 3. The lowest BCUT2D eigenvalue weighted by molar-refractivity contribution is -0.115. The minimum absolute atomic E-state index is 0.0640. The minimum Gasteiger partial charge on any atom is -0.493 e. The molecule has 2 heterocycles. The maximum Gasteiger partial charge on any atom is 0.243 e. The Morgan fingerprint density at radius 2 is 1.86 bits per heavy atom. The van der Waals surface area contributed by atoms with Crippen LogP contribution < -0.4 is 24.8 Å². The van der Waals surface area contributed by atoms with Crippen molar-refractivity contribution in [1.29, 1.82) is 0 Å². The molecule has 1 amide bonds. The third-order valence-corrected chi connectivity index (χ3v) is 8.45. The monoisotopic (exact) mass is 519 g/mol. The number of nitrogens with zero attached hydrogens (tertiary/aromatic N) is 1. The molecule has 36 heavy (non-hydrogen) atoms. The van der Waals surface area contributed by atoms with Crippen molar-refractivity contribution in [3.05, 3.63) is 42.0 Å². The Kier molecular flexibility index (Phi) is 8.35. The summed E-state index contributed by atoms with van der Waals surface area (Å²) in [7, 11) is -0.642. The summed E-state index contributed by atoms with van der Waals surface area (Å²) in [5, 5.41) is 16.4. The van der Waals surface area contributed by atoms with Gasteiger partial charge in [0.2, 0.25) is 15.9 Å². The van der Waals surface area contributed by atoms with Crippen LogP contribution in [-0.4, -0.2) is 76.8 Å². The average Bonchev–Trinajstić information content (AvgIpc) is 3.28. The van der Waals surface area contributed by atoms with Gasteiger partial charge in [-0.1, -0.05) is 6.07 Å². The molecule has 2 aromatic rings. The van der Waals surface area contributed by atoms with Crippen LogP contribution in [0.4, 0.5) is 5.69 Å². The summed E-state index contributed by atoms with van der Waals surface area (Å²) in [6, 6.07) is 10.1. The smallest absolute Gasteiger partial charge is 0.243 e. The summed E-state index contributed by atoms with van der Waals surface area (Å²) in [5.74, 6) is 1.71. The number of fused-ring (bicyclic) bond motifs is 1. The van der Waals surface area contributed by atoms with E-state index in [-0.39, 0.29) is 23.8 Å². The lowest BCUT2D eigenvalue weighted by atomic mass is 9.98. The Hall–Kier alpha value is -2.86. The van der Waals surface area contributed by atoms with Crippen molar-refractivity contribution >= 4 is 21.6 Å². The van der Waals surface area contributed by atoms with Gasteiger partial charge in [-0.2, -0.15) is 4.31 Å². The number of aliphatic hydroxyl groups excluding tert-OH is 1. The van der Waals surface area contributed by atoms with Crippen LogP contribution >= 0.6 is 0 Å². The molecule has 4 rings (SSSR count). The molecule has 0 saturated carbocycles. The quantitative estimate of drug-likeness (QED) is 0.409. The third-order valence-electron chi connectivity index (χ3n) is 6.55. The molecule has 2 aliphatic rings. The second-order valence-corrected chi connectivity index (χ2v) is 10.9. The summed E-state index contributed by atoms with van der Waals surface area (Å²) >= 11 is 0. The first-order valence-electron chi connectivity index (χ1n) is 12.0. The van der Waals surface area contributed by atoms with Gasteiger partial charge in [-0.3, -0.25) is 4.79 Å². The van der Waals surface area contributed by atoms with E-state index < -0.39 is 16.1 Å². The Balaban J connectivity index is 1.20. The molecule has 1 unspecified atom stereocenters. The first kappa shape index (κ1) is 26.2. The van der Waals surface area contributed by atoms with Crippen LogP contribution in [0.5, 0.6) is 17.2 Å². The van der Waals surface area contributed by atoms with Crippen LogP contribution in [0.1, 0.15) is 18.4 Å². The van der Waals surface area contributed by atoms with E-state index in [9.17, 15) is 18.3 Å². The molecular weight excluding hydrogens is 486 g/mol. The van der Waals surface area contributed by atoms with Crippen molar-refractivity contribution in [3.8, 4) is 17.2 Å². The highest BCUT2D eigenvalue weighted by Crippen LogP contribution is 2.33. The molecule has 196 valence electrons. The Labute approximate surface area is 211 Å². The summed E-state index contributed by atoms with van der Waals surface area (Å²) in [4.78, 5) is 11.8. The maximum absolute atomic E-state index is 13.1. The average molecular weight is 520 g/mol. The molecule has 0 aliphatic carbocycles. The van der Waals surface area contributed by atoms with E-state index in [2.05, 4.69) is 10.6 Å². The highest BCUT2D eigenvalue weighted by molar-refractivity contribution is 7.89. The number of carbonyl (C=O) groups excluding carboxylic acids is 1. The number of aliphatic hydroxyl groups is 1. The van der Waals surface area contributed by atoms with Gasteiger partial charge in [-0.25, -0.2) is 8.42 Å². The zero-order valence-corrected chi connectivity index (χ0v) is 21.3. The normalized spacial score (nSPS) is 17.4. The Morgan fingerprint density at radius 1 is 1.11 bits per heavy atom. The van der Waals surface area contributed by atoms with E-state index in [0.717, 1.165) is 24.1 Å². The van der Waals surface area contributed by atoms with Gasteiger partial charge < -0.3 is 30.0 Å². The predicted molar refractivity (Wildman–Crippen MR) is 134 cm³/mol. The number of benzene rings is 2. The zero-order chi connectivity index (χ0) is 25.7. The lowest BCUT2D eigenvalue weighted by Gasteiger charge is -2.31. The molecule has 2 aliphatic heterocycles. The summed E-state index contributed by atoms with van der Waals surface area (Å²) in [6.45, 7) is 2.01. The van der Waals surface area contributed by atoms with Crippen LogP contribution in [0.15, 0.2) is 41.3 Å². The molecule has 0 spiro atoms. The van der Waals surface area contributed by atoms with Crippen LogP contribution in [0.25, 0.3) is 0 Å². The van der Waals surface area contributed by atoms with Crippen LogP contribution in [0.3, 0.4) is 0 Å². The Bertz CT molecular complexity index is 1180. The van der Waals surface area contributed by atoms with Crippen LogP contribution in [0.2, 0.25) is 0 Å². The number of amides is 1. The van der Waals surface area contributed by atoms with Crippen LogP contribution in [0, 0.1) is 5.92 Å². The third kappa shape index (κ3) is 5.92. The van der Waals surface area contributed by atoms with Crippen molar-refractivity contribution in [3.63, 3.8) is 0 Å². The zero-order valence-electron chi connectivity index (χ0n) is 20.5. The second kappa shape index (κ2) is 11.5. The predicted octanol–water partition coefficient (Wildman–Crippen LogP) is 1.63. The van der Waals surface area contributed by atoms with Gasteiger partial charge >= 0.3 is 0 Å². The first-order valence-corrected chi connectivity index (χ1v) is 13.4.